The Hall–Kier alpha value is -4.92. The first-order valence-corrected chi connectivity index (χ1v) is 15.7. The zero-order chi connectivity index (χ0) is 32.6. The van der Waals surface area contributed by atoms with Crippen LogP contribution in [0.4, 0.5) is 15.8 Å². The van der Waals surface area contributed by atoms with E-state index in [0.717, 1.165) is 54.6 Å². The van der Waals surface area contributed by atoms with Crippen LogP contribution in [0, 0.1) is 18.7 Å². The summed E-state index contributed by atoms with van der Waals surface area (Å²) >= 11 is 0. The molecule has 1 aliphatic rings. The van der Waals surface area contributed by atoms with E-state index in [2.05, 4.69) is 32.9 Å². The highest BCUT2D eigenvalue weighted by molar-refractivity contribution is 6.08. The summed E-state index contributed by atoms with van der Waals surface area (Å²) in [4.78, 5) is 27.9. The predicted octanol–water partition coefficient (Wildman–Crippen LogP) is 7.66. The molecular formula is C37H40FN5O3. The van der Waals surface area contributed by atoms with Gasteiger partial charge in [-0.1, -0.05) is 6.07 Å². The van der Waals surface area contributed by atoms with Crippen LogP contribution in [-0.4, -0.2) is 46.4 Å². The molecule has 1 unspecified atom stereocenters. The van der Waals surface area contributed by atoms with E-state index >= 15 is 0 Å². The van der Waals surface area contributed by atoms with Crippen LogP contribution in [0.1, 0.15) is 60.0 Å². The number of ether oxygens (including phenoxy) is 1. The molecule has 1 N–H and O–H groups in total. The number of carbonyl (C=O) groups is 2. The van der Waals surface area contributed by atoms with E-state index in [0.29, 0.717) is 28.4 Å². The fraction of sp³-hybridized carbons (Fsp3) is 0.324. The standard InChI is InChI=1S/C37H40FN5O3/c1-24-20-28-8-13-30(40-35(44)32-22-39-43(37(2,3)4)34(32)26-6-11-29(38)12-7-26)21-33(28)42(24)19-17-25-16-18-41(23-25)31-14-9-27(10-15-31)36(45)46-5/h6-15,20-22,25H,16-19,23H2,1-5H3,(H,40,44). The van der Waals surface area contributed by atoms with Crippen molar-refractivity contribution in [1.82, 2.24) is 14.3 Å². The first-order valence-electron chi connectivity index (χ1n) is 15.7. The van der Waals surface area contributed by atoms with Gasteiger partial charge in [0.25, 0.3) is 5.91 Å². The molecule has 1 saturated heterocycles. The monoisotopic (exact) mass is 621 g/mol. The number of rotatable bonds is 8. The van der Waals surface area contributed by atoms with Gasteiger partial charge in [-0.15, -0.1) is 0 Å². The fourth-order valence-electron chi connectivity index (χ4n) is 6.41. The van der Waals surface area contributed by atoms with Crippen LogP contribution in [0.5, 0.6) is 0 Å². The lowest BCUT2D eigenvalue weighted by Crippen LogP contribution is -2.24. The molecule has 0 spiro atoms. The number of anilines is 2. The van der Waals surface area contributed by atoms with Gasteiger partial charge in [0.1, 0.15) is 5.82 Å². The molecule has 6 rings (SSSR count). The van der Waals surface area contributed by atoms with Crippen molar-refractivity contribution in [2.75, 3.05) is 30.4 Å². The third-order valence-corrected chi connectivity index (χ3v) is 8.84. The highest BCUT2D eigenvalue weighted by atomic mass is 19.1. The molecule has 9 heteroatoms. The third-order valence-electron chi connectivity index (χ3n) is 8.84. The van der Waals surface area contributed by atoms with Gasteiger partial charge in [0.05, 0.1) is 41.2 Å². The Morgan fingerprint density at radius 1 is 1.02 bits per heavy atom. The van der Waals surface area contributed by atoms with Crippen molar-refractivity contribution in [1.29, 1.82) is 0 Å². The molecular weight excluding hydrogens is 581 g/mol. The van der Waals surface area contributed by atoms with Crippen molar-refractivity contribution < 1.29 is 18.7 Å². The smallest absolute Gasteiger partial charge is 0.337 e. The second-order valence-corrected chi connectivity index (χ2v) is 13.1. The second kappa shape index (κ2) is 12.5. The summed E-state index contributed by atoms with van der Waals surface area (Å²) < 4.78 is 22.7. The van der Waals surface area contributed by atoms with Crippen molar-refractivity contribution in [3.05, 3.63) is 102 Å². The van der Waals surface area contributed by atoms with Crippen LogP contribution in [0.3, 0.4) is 0 Å². The summed E-state index contributed by atoms with van der Waals surface area (Å²) in [6.45, 7) is 11.0. The molecule has 0 radical (unpaired) electrons. The number of aryl methyl sites for hydroxylation is 2. The minimum absolute atomic E-state index is 0.269. The largest absolute Gasteiger partial charge is 0.465 e. The SMILES string of the molecule is COC(=O)c1ccc(N2CCC(CCn3c(C)cc4ccc(NC(=O)c5cnn(C(C)(C)C)c5-c5ccc(F)cc5)cc43)C2)cc1. The maximum atomic E-state index is 13.7. The van der Waals surface area contributed by atoms with Crippen LogP contribution in [0.25, 0.3) is 22.2 Å². The summed E-state index contributed by atoms with van der Waals surface area (Å²) in [7, 11) is 1.39. The number of fused-ring (bicyclic) bond motifs is 1. The molecule has 2 aromatic heterocycles. The molecule has 46 heavy (non-hydrogen) atoms. The van der Waals surface area contributed by atoms with Gasteiger partial charge >= 0.3 is 5.97 Å². The first-order chi connectivity index (χ1) is 22.0. The fourth-order valence-corrected chi connectivity index (χ4v) is 6.41. The van der Waals surface area contributed by atoms with E-state index in [9.17, 15) is 14.0 Å². The molecule has 1 fully saturated rings. The summed E-state index contributed by atoms with van der Waals surface area (Å²) in [5.41, 5.74) is 6.05. The van der Waals surface area contributed by atoms with E-state index in [1.807, 2.05) is 67.9 Å². The maximum absolute atomic E-state index is 13.7. The first kappa shape index (κ1) is 31.1. The molecule has 1 amide bonds. The number of aromatic nitrogens is 3. The van der Waals surface area contributed by atoms with Gasteiger partial charge in [-0.3, -0.25) is 9.48 Å². The third kappa shape index (κ3) is 6.27. The number of carbonyl (C=O) groups excluding carboxylic acids is 2. The van der Waals surface area contributed by atoms with Crippen molar-refractivity contribution in [3.63, 3.8) is 0 Å². The topological polar surface area (TPSA) is 81.4 Å². The Kier molecular flexibility index (Phi) is 8.42. The van der Waals surface area contributed by atoms with Gasteiger partial charge in [0, 0.05) is 42.3 Å². The highest BCUT2D eigenvalue weighted by Gasteiger charge is 2.26. The van der Waals surface area contributed by atoms with Crippen LogP contribution in [0.2, 0.25) is 0 Å². The minimum Gasteiger partial charge on any atom is -0.465 e. The number of benzene rings is 3. The van der Waals surface area contributed by atoms with Gasteiger partial charge in [-0.2, -0.15) is 5.10 Å². The minimum atomic E-state index is -0.384. The van der Waals surface area contributed by atoms with Gasteiger partial charge in [-0.05, 0) is 119 Å². The second-order valence-electron chi connectivity index (χ2n) is 13.1. The quantitative estimate of drug-likeness (QED) is 0.180. The summed E-state index contributed by atoms with van der Waals surface area (Å²) in [6.07, 6.45) is 3.73. The van der Waals surface area contributed by atoms with Crippen molar-refractivity contribution in [2.45, 2.75) is 52.6 Å². The molecule has 1 aliphatic heterocycles. The van der Waals surface area contributed by atoms with Crippen LogP contribution >= 0.6 is 0 Å². The highest BCUT2D eigenvalue weighted by Crippen LogP contribution is 2.32. The molecule has 0 bridgehead atoms. The van der Waals surface area contributed by atoms with E-state index in [4.69, 9.17) is 4.74 Å². The average Bonchev–Trinajstić information content (AvgIpc) is 3.77. The van der Waals surface area contributed by atoms with Crippen LogP contribution in [0.15, 0.2) is 79.0 Å². The average molecular weight is 622 g/mol. The molecule has 8 nitrogen and oxygen atoms in total. The number of nitrogens with one attached hydrogen (secondary N) is 1. The van der Waals surface area contributed by atoms with Crippen molar-refractivity contribution in [3.8, 4) is 11.3 Å². The van der Waals surface area contributed by atoms with Gasteiger partial charge < -0.3 is 19.5 Å². The summed E-state index contributed by atoms with van der Waals surface area (Å²) in [5, 5.41) is 8.77. The molecule has 1 atom stereocenters. The van der Waals surface area contributed by atoms with Crippen LogP contribution in [-0.2, 0) is 16.8 Å². The molecule has 0 saturated carbocycles. The van der Waals surface area contributed by atoms with E-state index in [-0.39, 0.29) is 23.2 Å². The van der Waals surface area contributed by atoms with E-state index in [1.165, 1.54) is 24.9 Å². The zero-order valence-electron chi connectivity index (χ0n) is 27.0. The van der Waals surface area contributed by atoms with Crippen LogP contribution < -0.4 is 10.2 Å². The Morgan fingerprint density at radius 2 is 1.76 bits per heavy atom. The van der Waals surface area contributed by atoms with E-state index in [1.54, 1.807) is 18.3 Å². The lowest BCUT2D eigenvalue weighted by Gasteiger charge is -2.23. The Morgan fingerprint density at radius 3 is 2.46 bits per heavy atom. The predicted molar refractivity (Wildman–Crippen MR) is 180 cm³/mol. The number of amides is 1. The maximum Gasteiger partial charge on any atom is 0.337 e. The van der Waals surface area contributed by atoms with Gasteiger partial charge in [-0.25, -0.2) is 9.18 Å². The Balaban J connectivity index is 1.17. The molecule has 3 heterocycles. The lowest BCUT2D eigenvalue weighted by molar-refractivity contribution is 0.0600. The number of nitrogens with zero attached hydrogens (tertiary/aromatic N) is 4. The summed E-state index contributed by atoms with van der Waals surface area (Å²) in [6, 6.07) is 22.0. The van der Waals surface area contributed by atoms with E-state index < -0.39 is 0 Å². The number of methoxy groups -OCH3 is 1. The molecule has 3 aromatic carbocycles. The number of hydrogen-bond acceptors (Lipinski definition) is 5. The zero-order valence-corrected chi connectivity index (χ0v) is 27.0. The Labute approximate surface area is 268 Å². The van der Waals surface area contributed by atoms with Gasteiger partial charge in [0.15, 0.2) is 0 Å². The number of esters is 1. The Bertz CT molecular complexity index is 1880. The van der Waals surface area contributed by atoms with Gasteiger partial charge in [0.2, 0.25) is 0 Å². The molecule has 0 aliphatic carbocycles. The molecule has 238 valence electrons. The van der Waals surface area contributed by atoms with Crippen molar-refractivity contribution >= 4 is 34.2 Å². The lowest BCUT2D eigenvalue weighted by atomic mass is 10.0. The number of halogens is 1. The number of hydrogen-bond donors (Lipinski definition) is 1. The molecule has 5 aromatic rings. The van der Waals surface area contributed by atoms with Crippen molar-refractivity contribution in [2.24, 2.45) is 5.92 Å². The normalized spacial score (nSPS) is 15.0. The summed E-state index contributed by atoms with van der Waals surface area (Å²) in [5.74, 6) is -0.381.